The van der Waals surface area contributed by atoms with Gasteiger partial charge in [-0.25, -0.2) is 0 Å². The van der Waals surface area contributed by atoms with Crippen LogP contribution in [0, 0.1) is 10.1 Å². The van der Waals surface area contributed by atoms with E-state index in [1.807, 2.05) is 13.8 Å². The fourth-order valence-corrected chi connectivity index (χ4v) is 1.01. The number of benzene rings is 1. The summed E-state index contributed by atoms with van der Waals surface area (Å²) >= 11 is 0. The summed E-state index contributed by atoms with van der Waals surface area (Å²) in [5.41, 5.74) is 6.34. The minimum absolute atomic E-state index is 0. The molecule has 0 spiro atoms. The van der Waals surface area contributed by atoms with E-state index in [1.54, 1.807) is 12.1 Å². The number of nitro groups is 1. The van der Waals surface area contributed by atoms with Crippen molar-refractivity contribution in [1.29, 1.82) is 0 Å². The molecule has 0 aliphatic carbocycles. The Hall–Kier alpha value is -1.13. The molecular formula is C9H13ClN2O2. The van der Waals surface area contributed by atoms with Crippen LogP contribution in [0.3, 0.4) is 0 Å². The summed E-state index contributed by atoms with van der Waals surface area (Å²) in [7, 11) is 0. The highest BCUT2D eigenvalue weighted by molar-refractivity contribution is 5.85. The van der Waals surface area contributed by atoms with Gasteiger partial charge in [-0.1, -0.05) is 12.1 Å². The van der Waals surface area contributed by atoms with E-state index in [-0.39, 0.29) is 18.1 Å². The summed E-state index contributed by atoms with van der Waals surface area (Å²) in [4.78, 5) is 9.91. The second kappa shape index (κ2) is 4.39. The molecule has 0 fully saturated rings. The van der Waals surface area contributed by atoms with Crippen molar-refractivity contribution in [3.8, 4) is 0 Å². The van der Waals surface area contributed by atoms with Gasteiger partial charge in [0, 0.05) is 17.7 Å². The van der Waals surface area contributed by atoms with Gasteiger partial charge in [0.2, 0.25) is 0 Å². The molecular weight excluding hydrogens is 204 g/mol. The van der Waals surface area contributed by atoms with E-state index in [0.717, 1.165) is 5.56 Å². The van der Waals surface area contributed by atoms with Gasteiger partial charge in [-0.3, -0.25) is 10.1 Å². The molecule has 0 saturated carbocycles. The number of rotatable bonds is 2. The van der Waals surface area contributed by atoms with Crippen molar-refractivity contribution in [2.24, 2.45) is 5.73 Å². The van der Waals surface area contributed by atoms with Gasteiger partial charge in [0.05, 0.1) is 4.92 Å². The number of nitrogens with zero attached hydrogens (tertiary/aromatic N) is 1. The molecule has 0 heterocycles. The van der Waals surface area contributed by atoms with Crippen molar-refractivity contribution < 1.29 is 4.92 Å². The smallest absolute Gasteiger partial charge is 0.269 e. The first kappa shape index (κ1) is 12.9. The van der Waals surface area contributed by atoms with Crippen LogP contribution in [-0.4, -0.2) is 4.92 Å². The van der Waals surface area contributed by atoms with Crippen LogP contribution in [0.25, 0.3) is 0 Å². The molecule has 0 aliphatic rings. The van der Waals surface area contributed by atoms with Crippen molar-refractivity contribution in [2.75, 3.05) is 0 Å². The van der Waals surface area contributed by atoms with E-state index >= 15 is 0 Å². The third kappa shape index (κ3) is 2.97. The Morgan fingerprint density at radius 1 is 1.29 bits per heavy atom. The van der Waals surface area contributed by atoms with Crippen molar-refractivity contribution in [1.82, 2.24) is 0 Å². The Labute approximate surface area is 88.7 Å². The monoisotopic (exact) mass is 216 g/mol. The number of hydrogen-bond donors (Lipinski definition) is 1. The summed E-state index contributed by atoms with van der Waals surface area (Å²) < 4.78 is 0. The molecule has 4 nitrogen and oxygen atoms in total. The Bertz CT molecular complexity index is 317. The zero-order valence-corrected chi connectivity index (χ0v) is 8.88. The Morgan fingerprint density at radius 3 is 2.00 bits per heavy atom. The summed E-state index contributed by atoms with van der Waals surface area (Å²) in [6.45, 7) is 3.71. The number of nitro benzene ring substituents is 1. The van der Waals surface area contributed by atoms with Gasteiger partial charge in [-0.2, -0.15) is 0 Å². The molecule has 1 rings (SSSR count). The molecule has 78 valence electrons. The standard InChI is InChI=1S/C9H12N2O2.ClH/c1-9(2,10)7-3-5-8(6-4-7)11(12)13;/h3-6H,10H2,1-2H3;1H. The molecule has 0 saturated heterocycles. The zero-order valence-electron chi connectivity index (χ0n) is 8.06. The Balaban J connectivity index is 0.00000169. The van der Waals surface area contributed by atoms with Gasteiger partial charge >= 0.3 is 0 Å². The van der Waals surface area contributed by atoms with Gasteiger partial charge in [0.15, 0.2) is 0 Å². The minimum Gasteiger partial charge on any atom is -0.322 e. The average Bonchev–Trinajstić information content (AvgIpc) is 2.03. The van der Waals surface area contributed by atoms with Crippen LogP contribution in [-0.2, 0) is 5.54 Å². The summed E-state index contributed by atoms with van der Waals surface area (Å²) in [5.74, 6) is 0. The fraction of sp³-hybridized carbons (Fsp3) is 0.333. The van der Waals surface area contributed by atoms with Crippen molar-refractivity contribution in [3.63, 3.8) is 0 Å². The van der Waals surface area contributed by atoms with Crippen molar-refractivity contribution in [2.45, 2.75) is 19.4 Å². The highest BCUT2D eigenvalue weighted by Crippen LogP contribution is 2.19. The molecule has 0 aliphatic heterocycles. The maximum Gasteiger partial charge on any atom is 0.269 e. The molecule has 0 radical (unpaired) electrons. The van der Waals surface area contributed by atoms with E-state index < -0.39 is 10.5 Å². The van der Waals surface area contributed by atoms with Crippen LogP contribution in [0.4, 0.5) is 5.69 Å². The highest BCUT2D eigenvalue weighted by Gasteiger charge is 2.14. The van der Waals surface area contributed by atoms with Crippen LogP contribution in [0.5, 0.6) is 0 Å². The first-order valence-electron chi connectivity index (χ1n) is 3.95. The predicted octanol–water partition coefficient (Wildman–Crippen LogP) is 2.21. The van der Waals surface area contributed by atoms with E-state index in [9.17, 15) is 10.1 Å². The molecule has 0 atom stereocenters. The van der Waals surface area contributed by atoms with Crippen LogP contribution in [0.2, 0.25) is 0 Å². The van der Waals surface area contributed by atoms with Crippen LogP contribution >= 0.6 is 12.4 Å². The lowest BCUT2D eigenvalue weighted by Gasteiger charge is -2.18. The van der Waals surface area contributed by atoms with E-state index in [1.165, 1.54) is 12.1 Å². The van der Waals surface area contributed by atoms with Crippen LogP contribution in [0.15, 0.2) is 24.3 Å². The predicted molar refractivity (Wildman–Crippen MR) is 57.6 cm³/mol. The molecule has 1 aromatic rings. The Kier molecular flexibility index (Phi) is 4.04. The first-order valence-corrected chi connectivity index (χ1v) is 3.95. The number of hydrogen-bond acceptors (Lipinski definition) is 3. The largest absolute Gasteiger partial charge is 0.322 e. The van der Waals surface area contributed by atoms with Crippen LogP contribution < -0.4 is 5.73 Å². The number of nitrogens with two attached hydrogens (primary N) is 1. The SMILES string of the molecule is CC(C)(N)c1ccc([N+](=O)[O-])cc1.Cl. The molecule has 5 heteroatoms. The maximum atomic E-state index is 10.3. The minimum atomic E-state index is -0.449. The first-order chi connectivity index (χ1) is 5.91. The van der Waals surface area contributed by atoms with E-state index in [2.05, 4.69) is 0 Å². The van der Waals surface area contributed by atoms with Crippen LogP contribution in [0.1, 0.15) is 19.4 Å². The maximum absolute atomic E-state index is 10.3. The van der Waals surface area contributed by atoms with Gasteiger partial charge in [0.1, 0.15) is 0 Å². The van der Waals surface area contributed by atoms with E-state index in [0.29, 0.717) is 0 Å². The molecule has 0 amide bonds. The normalized spacial score (nSPS) is 10.5. The molecule has 0 unspecified atom stereocenters. The zero-order chi connectivity index (χ0) is 10.1. The summed E-state index contributed by atoms with van der Waals surface area (Å²) in [6, 6.07) is 6.28. The lowest BCUT2D eigenvalue weighted by atomic mass is 9.96. The molecule has 2 N–H and O–H groups in total. The van der Waals surface area contributed by atoms with Gasteiger partial charge < -0.3 is 5.73 Å². The molecule has 14 heavy (non-hydrogen) atoms. The average molecular weight is 217 g/mol. The van der Waals surface area contributed by atoms with E-state index in [4.69, 9.17) is 5.73 Å². The quantitative estimate of drug-likeness (QED) is 0.609. The van der Waals surface area contributed by atoms with Gasteiger partial charge in [-0.15, -0.1) is 12.4 Å². The van der Waals surface area contributed by atoms with Gasteiger partial charge in [0.25, 0.3) is 5.69 Å². The molecule has 1 aromatic carbocycles. The molecule has 0 aromatic heterocycles. The topological polar surface area (TPSA) is 69.2 Å². The fourth-order valence-electron chi connectivity index (χ4n) is 1.01. The highest BCUT2D eigenvalue weighted by atomic mass is 35.5. The second-order valence-corrected chi connectivity index (χ2v) is 3.53. The Morgan fingerprint density at radius 2 is 1.71 bits per heavy atom. The lowest BCUT2D eigenvalue weighted by molar-refractivity contribution is -0.384. The third-order valence-electron chi connectivity index (χ3n) is 1.82. The summed E-state index contributed by atoms with van der Waals surface area (Å²) in [6.07, 6.45) is 0. The second-order valence-electron chi connectivity index (χ2n) is 3.53. The van der Waals surface area contributed by atoms with Crippen molar-refractivity contribution in [3.05, 3.63) is 39.9 Å². The lowest BCUT2D eigenvalue weighted by Crippen LogP contribution is -2.28. The van der Waals surface area contributed by atoms with Gasteiger partial charge in [-0.05, 0) is 19.4 Å². The number of halogens is 1. The third-order valence-corrected chi connectivity index (χ3v) is 1.82. The van der Waals surface area contributed by atoms with Crippen molar-refractivity contribution >= 4 is 18.1 Å². The number of non-ortho nitro benzene ring substituents is 1. The molecule has 0 bridgehead atoms. The summed E-state index contributed by atoms with van der Waals surface area (Å²) in [5, 5.41) is 10.3.